The van der Waals surface area contributed by atoms with E-state index >= 15 is 0 Å². The van der Waals surface area contributed by atoms with Crippen LogP contribution in [0.15, 0.2) is 82.4 Å². The minimum Gasteiger partial charge on any atom is -0.467 e. The Bertz CT molecular complexity index is 1130. The van der Waals surface area contributed by atoms with Crippen LogP contribution in [-0.2, 0) is 17.9 Å². The molecule has 0 spiro atoms. The standard InChI is InChI=1S/C25H23BrN2O5/c1-2-11-27(25(30)19-6-8-20(26)9-7-19)16-24(29)28(15-21-4-3-12-31-21)14-18-5-10-22-23(13-18)33-17-32-22/h2-10,12-13H,1,11,14-17H2. The molecule has 2 heterocycles. The first-order valence-corrected chi connectivity index (χ1v) is 11.2. The number of fused-ring (bicyclic) bond motifs is 1. The fourth-order valence-corrected chi connectivity index (χ4v) is 3.76. The first-order valence-electron chi connectivity index (χ1n) is 10.4. The molecule has 7 nitrogen and oxygen atoms in total. The summed E-state index contributed by atoms with van der Waals surface area (Å²) in [5.74, 6) is 1.53. The Hall–Kier alpha value is -3.52. The number of nitrogens with zero attached hydrogens (tertiary/aromatic N) is 2. The molecule has 0 saturated carbocycles. The van der Waals surface area contributed by atoms with Gasteiger partial charge in [0, 0.05) is 23.1 Å². The Kier molecular flexibility index (Phi) is 7.14. The maximum absolute atomic E-state index is 13.4. The molecule has 1 aliphatic rings. The third-order valence-corrected chi connectivity index (χ3v) is 5.67. The van der Waals surface area contributed by atoms with E-state index in [0.29, 0.717) is 29.4 Å². The normalized spacial score (nSPS) is 11.8. The van der Waals surface area contributed by atoms with Crippen molar-refractivity contribution in [3.8, 4) is 11.5 Å². The first kappa shape index (κ1) is 22.7. The quantitative estimate of drug-likeness (QED) is 0.392. The van der Waals surface area contributed by atoms with Crippen molar-refractivity contribution in [1.82, 2.24) is 9.80 Å². The lowest BCUT2D eigenvalue weighted by atomic mass is 10.1. The highest BCUT2D eigenvalue weighted by Gasteiger charge is 2.23. The van der Waals surface area contributed by atoms with Gasteiger partial charge >= 0.3 is 0 Å². The summed E-state index contributed by atoms with van der Waals surface area (Å²) in [6, 6.07) is 16.2. The molecule has 0 bridgehead atoms. The average Bonchev–Trinajstić information content (AvgIpc) is 3.50. The van der Waals surface area contributed by atoms with E-state index in [2.05, 4.69) is 22.5 Å². The molecular formula is C25H23BrN2O5. The van der Waals surface area contributed by atoms with Gasteiger partial charge in [0.2, 0.25) is 12.7 Å². The number of carbonyl (C=O) groups is 2. The van der Waals surface area contributed by atoms with Crippen molar-refractivity contribution in [2.24, 2.45) is 0 Å². The van der Waals surface area contributed by atoms with Crippen LogP contribution in [0.3, 0.4) is 0 Å². The van der Waals surface area contributed by atoms with E-state index in [1.165, 1.54) is 4.90 Å². The second-order valence-electron chi connectivity index (χ2n) is 7.50. The molecule has 170 valence electrons. The number of amides is 2. The van der Waals surface area contributed by atoms with Crippen molar-refractivity contribution in [3.05, 3.63) is 94.9 Å². The number of hydrogen-bond acceptors (Lipinski definition) is 5. The smallest absolute Gasteiger partial charge is 0.254 e. The van der Waals surface area contributed by atoms with Crippen molar-refractivity contribution >= 4 is 27.7 Å². The van der Waals surface area contributed by atoms with Gasteiger partial charge in [0.05, 0.1) is 12.8 Å². The lowest BCUT2D eigenvalue weighted by Gasteiger charge is -2.27. The van der Waals surface area contributed by atoms with Crippen molar-refractivity contribution in [3.63, 3.8) is 0 Å². The summed E-state index contributed by atoms with van der Waals surface area (Å²) in [4.78, 5) is 29.6. The van der Waals surface area contributed by atoms with Gasteiger partial charge in [-0.25, -0.2) is 0 Å². The van der Waals surface area contributed by atoms with Crippen LogP contribution in [0, 0.1) is 0 Å². The van der Waals surface area contributed by atoms with Gasteiger partial charge in [-0.2, -0.15) is 0 Å². The molecular weight excluding hydrogens is 488 g/mol. The number of halogens is 1. The van der Waals surface area contributed by atoms with Gasteiger partial charge in [0.25, 0.3) is 5.91 Å². The molecule has 2 aromatic carbocycles. The molecule has 0 fully saturated rings. The zero-order valence-corrected chi connectivity index (χ0v) is 19.5. The van der Waals surface area contributed by atoms with Crippen LogP contribution in [0.4, 0.5) is 0 Å². The van der Waals surface area contributed by atoms with Crippen LogP contribution >= 0.6 is 15.9 Å². The van der Waals surface area contributed by atoms with Crippen molar-refractivity contribution in [2.75, 3.05) is 19.9 Å². The van der Waals surface area contributed by atoms with E-state index in [4.69, 9.17) is 13.9 Å². The van der Waals surface area contributed by atoms with Gasteiger partial charge in [0.15, 0.2) is 11.5 Å². The molecule has 0 saturated heterocycles. The van der Waals surface area contributed by atoms with E-state index in [1.54, 1.807) is 47.6 Å². The summed E-state index contributed by atoms with van der Waals surface area (Å²) in [5, 5.41) is 0. The molecule has 0 unspecified atom stereocenters. The highest BCUT2D eigenvalue weighted by molar-refractivity contribution is 9.10. The van der Waals surface area contributed by atoms with Gasteiger partial charge in [-0.15, -0.1) is 6.58 Å². The van der Waals surface area contributed by atoms with Gasteiger partial charge in [0.1, 0.15) is 12.3 Å². The largest absolute Gasteiger partial charge is 0.467 e. The molecule has 3 aromatic rings. The third kappa shape index (κ3) is 5.64. The maximum Gasteiger partial charge on any atom is 0.254 e. The Morgan fingerprint density at radius 2 is 1.79 bits per heavy atom. The lowest BCUT2D eigenvalue weighted by molar-refractivity contribution is -0.133. The minimum absolute atomic E-state index is 0.0911. The van der Waals surface area contributed by atoms with E-state index in [-0.39, 0.29) is 38.2 Å². The molecule has 0 atom stereocenters. The fraction of sp³-hybridized carbons (Fsp3) is 0.200. The van der Waals surface area contributed by atoms with Crippen molar-refractivity contribution < 1.29 is 23.5 Å². The monoisotopic (exact) mass is 510 g/mol. The van der Waals surface area contributed by atoms with Crippen LogP contribution in [0.1, 0.15) is 21.7 Å². The summed E-state index contributed by atoms with van der Waals surface area (Å²) in [6.45, 7) is 4.68. The second kappa shape index (κ2) is 10.4. The molecule has 2 amide bonds. The molecule has 4 rings (SSSR count). The minimum atomic E-state index is -0.239. The number of ether oxygens (including phenoxy) is 2. The summed E-state index contributed by atoms with van der Waals surface area (Å²) in [5.41, 5.74) is 1.38. The van der Waals surface area contributed by atoms with E-state index in [9.17, 15) is 9.59 Å². The summed E-state index contributed by atoms with van der Waals surface area (Å²) >= 11 is 3.37. The number of rotatable bonds is 9. The highest BCUT2D eigenvalue weighted by atomic mass is 79.9. The number of furan rings is 1. The second-order valence-corrected chi connectivity index (χ2v) is 8.41. The van der Waals surface area contributed by atoms with E-state index < -0.39 is 0 Å². The van der Waals surface area contributed by atoms with Gasteiger partial charge < -0.3 is 23.7 Å². The summed E-state index contributed by atoms with van der Waals surface area (Å²) in [6.07, 6.45) is 3.18. The van der Waals surface area contributed by atoms with Crippen LogP contribution in [-0.4, -0.2) is 41.5 Å². The summed E-state index contributed by atoms with van der Waals surface area (Å²) < 4.78 is 17.2. The fourth-order valence-electron chi connectivity index (χ4n) is 3.50. The Labute approximate surface area is 200 Å². The first-order chi connectivity index (χ1) is 16.0. The molecule has 0 N–H and O–H groups in total. The van der Waals surface area contributed by atoms with Crippen LogP contribution in [0.5, 0.6) is 11.5 Å². The lowest BCUT2D eigenvalue weighted by Crippen LogP contribution is -2.42. The predicted octanol–water partition coefficient (Wildman–Crippen LogP) is 4.63. The number of benzene rings is 2. The van der Waals surface area contributed by atoms with Gasteiger partial charge in [-0.05, 0) is 54.1 Å². The molecule has 0 radical (unpaired) electrons. The predicted molar refractivity (Wildman–Crippen MR) is 126 cm³/mol. The van der Waals surface area contributed by atoms with Gasteiger partial charge in [-0.1, -0.05) is 28.1 Å². The van der Waals surface area contributed by atoms with E-state index in [1.807, 2.05) is 24.3 Å². The van der Waals surface area contributed by atoms with Crippen molar-refractivity contribution in [1.29, 1.82) is 0 Å². The van der Waals surface area contributed by atoms with Crippen LogP contribution in [0.2, 0.25) is 0 Å². The zero-order chi connectivity index (χ0) is 23.2. The van der Waals surface area contributed by atoms with Crippen LogP contribution in [0.25, 0.3) is 0 Å². The molecule has 1 aliphatic heterocycles. The average molecular weight is 511 g/mol. The van der Waals surface area contributed by atoms with E-state index in [0.717, 1.165) is 10.0 Å². The van der Waals surface area contributed by atoms with Gasteiger partial charge in [-0.3, -0.25) is 9.59 Å². The Morgan fingerprint density at radius 3 is 2.52 bits per heavy atom. The summed E-state index contributed by atoms with van der Waals surface area (Å²) in [7, 11) is 0. The zero-order valence-electron chi connectivity index (χ0n) is 17.9. The Morgan fingerprint density at radius 1 is 1.00 bits per heavy atom. The number of carbonyl (C=O) groups excluding carboxylic acids is 2. The topological polar surface area (TPSA) is 72.2 Å². The SMILES string of the molecule is C=CCN(CC(=O)N(Cc1ccc2c(c1)OCO2)Cc1ccco1)C(=O)c1ccc(Br)cc1. The number of hydrogen-bond donors (Lipinski definition) is 0. The molecule has 33 heavy (non-hydrogen) atoms. The molecule has 0 aliphatic carbocycles. The van der Waals surface area contributed by atoms with Crippen LogP contribution < -0.4 is 9.47 Å². The van der Waals surface area contributed by atoms with Crippen molar-refractivity contribution in [2.45, 2.75) is 13.1 Å². The molecule has 8 heteroatoms. The maximum atomic E-state index is 13.4. The highest BCUT2D eigenvalue weighted by Crippen LogP contribution is 2.33. The Balaban J connectivity index is 1.53. The third-order valence-electron chi connectivity index (χ3n) is 5.14. The molecule has 1 aromatic heterocycles.